The number of fused-ring (bicyclic) bond motifs is 1. The van der Waals surface area contributed by atoms with E-state index in [0.29, 0.717) is 0 Å². The summed E-state index contributed by atoms with van der Waals surface area (Å²) in [4.78, 5) is 4.10. The third-order valence-corrected chi connectivity index (χ3v) is 3.62. The van der Waals surface area contributed by atoms with Crippen molar-refractivity contribution in [1.82, 2.24) is 20.5 Å². The molecule has 2 heterocycles. The molecule has 3 rings (SSSR count). The minimum Gasteiger partial charge on any atom is -0.496 e. The fourth-order valence-corrected chi connectivity index (χ4v) is 2.59. The lowest BCUT2D eigenvalue weighted by Gasteiger charge is -2.11. The molecule has 0 radical (unpaired) electrons. The van der Waals surface area contributed by atoms with Crippen LogP contribution >= 0.6 is 0 Å². The van der Waals surface area contributed by atoms with Gasteiger partial charge in [0.2, 0.25) is 0 Å². The maximum atomic E-state index is 5.81. The molecule has 0 aliphatic carbocycles. The van der Waals surface area contributed by atoms with Crippen molar-refractivity contribution >= 4 is 0 Å². The summed E-state index contributed by atoms with van der Waals surface area (Å²) in [5.41, 5.74) is 2.34. The Kier molecular flexibility index (Phi) is 4.06. The summed E-state index contributed by atoms with van der Waals surface area (Å²) in [5, 5.41) is 10.1. The van der Waals surface area contributed by atoms with Gasteiger partial charge in [-0.25, -0.2) is 4.98 Å². The van der Waals surface area contributed by atoms with Crippen LogP contribution in [0.3, 0.4) is 0 Å². The molecule has 0 spiro atoms. The molecule has 1 aliphatic heterocycles. The Morgan fingerprint density at radius 1 is 1.48 bits per heavy atom. The van der Waals surface area contributed by atoms with Gasteiger partial charge in [-0.3, -0.25) is 5.10 Å². The lowest BCUT2D eigenvalue weighted by molar-refractivity contribution is 0.254. The minimum absolute atomic E-state index is 0.249. The highest BCUT2D eigenvalue weighted by Crippen LogP contribution is 2.34. The quantitative estimate of drug-likeness (QED) is 0.788. The summed E-state index contributed by atoms with van der Waals surface area (Å²) in [6.07, 6.45) is 3.54. The third kappa shape index (κ3) is 3.16. The van der Waals surface area contributed by atoms with E-state index in [0.717, 1.165) is 48.8 Å². The van der Waals surface area contributed by atoms with Gasteiger partial charge in [-0.05, 0) is 19.1 Å². The van der Waals surface area contributed by atoms with Crippen molar-refractivity contribution in [3.05, 3.63) is 35.4 Å². The van der Waals surface area contributed by atoms with E-state index < -0.39 is 0 Å². The molecule has 0 amide bonds. The molecule has 2 N–H and O–H groups in total. The number of nitrogens with zero attached hydrogens (tertiary/aromatic N) is 2. The molecular weight excluding hydrogens is 268 g/mol. The number of rotatable bonds is 6. The van der Waals surface area contributed by atoms with E-state index in [4.69, 9.17) is 9.47 Å². The number of benzene rings is 1. The average molecular weight is 288 g/mol. The van der Waals surface area contributed by atoms with Crippen LogP contribution in [0.15, 0.2) is 18.5 Å². The molecule has 0 fully saturated rings. The summed E-state index contributed by atoms with van der Waals surface area (Å²) in [6.45, 7) is 3.65. The average Bonchev–Trinajstić information content (AvgIpc) is 3.10. The Morgan fingerprint density at radius 3 is 3.14 bits per heavy atom. The van der Waals surface area contributed by atoms with Crippen LogP contribution in [0.5, 0.6) is 11.5 Å². The first kappa shape index (κ1) is 13.9. The zero-order valence-electron chi connectivity index (χ0n) is 12.3. The smallest absolute Gasteiger partial charge is 0.137 e. The van der Waals surface area contributed by atoms with Gasteiger partial charge in [-0.15, -0.1) is 0 Å². The van der Waals surface area contributed by atoms with Crippen molar-refractivity contribution < 1.29 is 9.47 Å². The van der Waals surface area contributed by atoms with Gasteiger partial charge < -0.3 is 14.8 Å². The largest absolute Gasteiger partial charge is 0.496 e. The van der Waals surface area contributed by atoms with E-state index in [-0.39, 0.29) is 6.10 Å². The van der Waals surface area contributed by atoms with Crippen LogP contribution in [0, 0.1) is 0 Å². The van der Waals surface area contributed by atoms with Crippen LogP contribution in [0.25, 0.3) is 0 Å². The molecular formula is C15H20N4O2. The molecule has 6 nitrogen and oxygen atoms in total. The molecule has 1 unspecified atom stereocenters. The fraction of sp³-hybridized carbons (Fsp3) is 0.467. The van der Waals surface area contributed by atoms with Gasteiger partial charge in [0.15, 0.2) is 0 Å². The number of H-pyrrole nitrogens is 1. The first-order valence-corrected chi connectivity index (χ1v) is 7.17. The summed E-state index contributed by atoms with van der Waals surface area (Å²) in [5.74, 6) is 2.79. The standard InChI is InChI=1S/C15H20N4O2/c1-10-5-11-6-13(20-2)12(7-14(11)21-10)8-16-4-3-15-17-9-18-19-15/h6-7,9-10,16H,3-5,8H2,1-2H3,(H,17,18,19). The van der Waals surface area contributed by atoms with Gasteiger partial charge >= 0.3 is 0 Å². The van der Waals surface area contributed by atoms with E-state index in [2.05, 4.69) is 39.6 Å². The van der Waals surface area contributed by atoms with Gasteiger partial charge in [0, 0.05) is 37.1 Å². The van der Waals surface area contributed by atoms with Gasteiger partial charge in [0.1, 0.15) is 29.8 Å². The number of nitrogens with one attached hydrogen (secondary N) is 2. The van der Waals surface area contributed by atoms with Crippen molar-refractivity contribution in [3.8, 4) is 11.5 Å². The molecule has 0 bridgehead atoms. The number of aromatic amines is 1. The zero-order chi connectivity index (χ0) is 14.7. The number of hydrogen-bond donors (Lipinski definition) is 2. The molecule has 112 valence electrons. The molecule has 0 saturated carbocycles. The molecule has 1 aromatic carbocycles. The molecule has 0 saturated heterocycles. The van der Waals surface area contributed by atoms with Crippen molar-refractivity contribution in [2.75, 3.05) is 13.7 Å². The highest BCUT2D eigenvalue weighted by Gasteiger charge is 2.21. The van der Waals surface area contributed by atoms with Crippen molar-refractivity contribution in [2.24, 2.45) is 0 Å². The van der Waals surface area contributed by atoms with Crippen molar-refractivity contribution in [1.29, 1.82) is 0 Å². The molecule has 6 heteroatoms. The second-order valence-corrected chi connectivity index (χ2v) is 5.26. The lowest BCUT2D eigenvalue weighted by Crippen LogP contribution is -2.17. The summed E-state index contributed by atoms with van der Waals surface area (Å²) in [7, 11) is 1.71. The van der Waals surface area contributed by atoms with E-state index in [9.17, 15) is 0 Å². The lowest BCUT2D eigenvalue weighted by atomic mass is 10.1. The fourth-order valence-electron chi connectivity index (χ4n) is 2.59. The topological polar surface area (TPSA) is 72.1 Å². The van der Waals surface area contributed by atoms with E-state index >= 15 is 0 Å². The Morgan fingerprint density at radius 2 is 2.38 bits per heavy atom. The van der Waals surface area contributed by atoms with Crippen LogP contribution in [0.4, 0.5) is 0 Å². The van der Waals surface area contributed by atoms with Crippen LogP contribution < -0.4 is 14.8 Å². The Balaban J connectivity index is 1.61. The second kappa shape index (κ2) is 6.13. The van der Waals surface area contributed by atoms with E-state index in [1.54, 1.807) is 7.11 Å². The van der Waals surface area contributed by atoms with Gasteiger partial charge in [-0.2, -0.15) is 5.10 Å². The van der Waals surface area contributed by atoms with Crippen LogP contribution in [0.1, 0.15) is 23.9 Å². The monoisotopic (exact) mass is 288 g/mol. The van der Waals surface area contributed by atoms with Gasteiger partial charge in [-0.1, -0.05) is 0 Å². The second-order valence-electron chi connectivity index (χ2n) is 5.26. The van der Waals surface area contributed by atoms with Crippen molar-refractivity contribution in [3.63, 3.8) is 0 Å². The summed E-state index contributed by atoms with van der Waals surface area (Å²) >= 11 is 0. The minimum atomic E-state index is 0.249. The van der Waals surface area contributed by atoms with Gasteiger partial charge in [0.05, 0.1) is 7.11 Å². The van der Waals surface area contributed by atoms with Crippen LogP contribution in [-0.2, 0) is 19.4 Å². The maximum absolute atomic E-state index is 5.81. The predicted molar refractivity (Wildman–Crippen MR) is 78.6 cm³/mol. The highest BCUT2D eigenvalue weighted by molar-refractivity contribution is 5.48. The molecule has 1 atom stereocenters. The zero-order valence-corrected chi connectivity index (χ0v) is 12.3. The Bertz CT molecular complexity index is 598. The summed E-state index contributed by atoms with van der Waals surface area (Å²) < 4.78 is 11.3. The van der Waals surface area contributed by atoms with Crippen LogP contribution in [0.2, 0.25) is 0 Å². The van der Waals surface area contributed by atoms with Gasteiger partial charge in [0.25, 0.3) is 0 Å². The number of hydrogen-bond acceptors (Lipinski definition) is 5. The number of aromatic nitrogens is 3. The summed E-state index contributed by atoms with van der Waals surface area (Å²) in [6, 6.07) is 4.17. The number of methoxy groups -OCH3 is 1. The van der Waals surface area contributed by atoms with E-state index in [1.165, 1.54) is 11.9 Å². The first-order chi connectivity index (χ1) is 10.3. The molecule has 1 aromatic heterocycles. The predicted octanol–water partition coefficient (Wildman–Crippen LogP) is 1.47. The maximum Gasteiger partial charge on any atom is 0.137 e. The SMILES string of the molecule is COc1cc2c(cc1CNCCc1ncn[nH]1)OC(C)C2. The normalized spacial score (nSPS) is 16.6. The number of ether oxygens (including phenoxy) is 2. The Labute approximate surface area is 123 Å². The molecule has 21 heavy (non-hydrogen) atoms. The molecule has 2 aromatic rings. The van der Waals surface area contributed by atoms with Crippen molar-refractivity contribution in [2.45, 2.75) is 32.4 Å². The van der Waals surface area contributed by atoms with E-state index in [1.807, 2.05) is 0 Å². The first-order valence-electron chi connectivity index (χ1n) is 7.17. The molecule has 1 aliphatic rings. The van der Waals surface area contributed by atoms with Crippen LogP contribution in [-0.4, -0.2) is 34.9 Å². The highest BCUT2D eigenvalue weighted by atomic mass is 16.5. The Hall–Kier alpha value is -2.08. The third-order valence-electron chi connectivity index (χ3n) is 3.62.